The lowest BCUT2D eigenvalue weighted by molar-refractivity contribution is -0.151. The average Bonchev–Trinajstić information content (AvgIpc) is 3.03. The van der Waals surface area contributed by atoms with Crippen LogP contribution in [0.3, 0.4) is 0 Å². The van der Waals surface area contributed by atoms with Gasteiger partial charge < -0.3 is 15.1 Å². The molecule has 1 saturated heterocycles. The van der Waals surface area contributed by atoms with E-state index in [4.69, 9.17) is 0 Å². The van der Waals surface area contributed by atoms with Crippen molar-refractivity contribution in [3.63, 3.8) is 0 Å². The Balaban J connectivity index is 2.17. The molecule has 7 heteroatoms. The predicted octanol–water partition coefficient (Wildman–Crippen LogP) is 3.94. The Bertz CT molecular complexity index is 610. The predicted molar refractivity (Wildman–Crippen MR) is 103 cm³/mol. The van der Waals surface area contributed by atoms with E-state index in [2.05, 4.69) is 6.92 Å². The number of aromatic hydroxyl groups is 1. The first kappa shape index (κ1) is 20.0. The summed E-state index contributed by atoms with van der Waals surface area (Å²) in [4.78, 5) is 26.1. The highest BCUT2D eigenvalue weighted by molar-refractivity contribution is 8.76. The van der Waals surface area contributed by atoms with E-state index in [0.717, 1.165) is 12.2 Å². The van der Waals surface area contributed by atoms with Gasteiger partial charge in [-0.15, -0.1) is 0 Å². The molecule has 1 aromatic rings. The number of benzene rings is 1. The van der Waals surface area contributed by atoms with Crippen LogP contribution in [0.4, 0.5) is 0 Å². The van der Waals surface area contributed by atoms with Crippen molar-refractivity contribution in [2.24, 2.45) is 5.92 Å². The smallest absolute Gasteiger partial charge is 0.326 e. The van der Waals surface area contributed by atoms with E-state index in [9.17, 15) is 19.8 Å². The number of hydrogen-bond donors (Lipinski definition) is 2. The minimum Gasteiger partial charge on any atom is -0.508 e. The van der Waals surface area contributed by atoms with E-state index in [-0.39, 0.29) is 23.6 Å². The number of nitrogens with zero attached hydrogens (tertiary/aromatic N) is 1. The molecule has 3 atom stereocenters. The lowest BCUT2D eigenvalue weighted by atomic mass is 10.0. The maximum Gasteiger partial charge on any atom is 0.326 e. The zero-order valence-electron chi connectivity index (χ0n) is 14.6. The molecule has 5 nitrogen and oxygen atoms in total. The van der Waals surface area contributed by atoms with Gasteiger partial charge in [0.15, 0.2) is 0 Å². The fourth-order valence-corrected chi connectivity index (χ4v) is 5.54. The van der Waals surface area contributed by atoms with Crippen molar-refractivity contribution in [3.8, 4) is 5.75 Å². The van der Waals surface area contributed by atoms with Crippen molar-refractivity contribution < 1.29 is 19.8 Å². The lowest BCUT2D eigenvalue weighted by Gasteiger charge is -2.31. The highest BCUT2D eigenvalue weighted by atomic mass is 33.1. The Morgan fingerprint density at radius 3 is 2.64 bits per heavy atom. The van der Waals surface area contributed by atoms with Crippen LogP contribution < -0.4 is 0 Å². The lowest BCUT2D eigenvalue weighted by Crippen LogP contribution is -2.44. The van der Waals surface area contributed by atoms with Gasteiger partial charge >= 0.3 is 5.97 Å². The summed E-state index contributed by atoms with van der Waals surface area (Å²) in [6.45, 7) is 3.96. The average molecular weight is 384 g/mol. The molecule has 1 heterocycles. The first-order chi connectivity index (χ1) is 12.0. The fourth-order valence-electron chi connectivity index (χ4n) is 3.05. The van der Waals surface area contributed by atoms with Crippen LogP contribution in [-0.2, 0) is 9.59 Å². The molecule has 0 radical (unpaired) electrons. The minimum absolute atomic E-state index is 0.108. The van der Waals surface area contributed by atoms with E-state index >= 15 is 0 Å². The second kappa shape index (κ2) is 9.38. The van der Waals surface area contributed by atoms with Crippen LogP contribution >= 0.6 is 21.6 Å². The van der Waals surface area contributed by atoms with E-state index < -0.39 is 12.0 Å². The molecule has 0 bridgehead atoms. The van der Waals surface area contributed by atoms with Crippen molar-refractivity contribution in [1.82, 2.24) is 4.90 Å². The number of phenolic OH excluding ortho intramolecular Hbond substituents is 1. The van der Waals surface area contributed by atoms with Gasteiger partial charge in [0.1, 0.15) is 11.8 Å². The van der Waals surface area contributed by atoms with Gasteiger partial charge in [0.05, 0.1) is 6.04 Å². The van der Waals surface area contributed by atoms with Crippen molar-refractivity contribution in [2.45, 2.75) is 45.2 Å². The molecule has 0 aliphatic carbocycles. The summed E-state index contributed by atoms with van der Waals surface area (Å²) in [6, 6.07) is 5.65. The number of phenols is 1. The topological polar surface area (TPSA) is 77.8 Å². The van der Waals surface area contributed by atoms with Gasteiger partial charge in [0.25, 0.3) is 0 Å². The Morgan fingerprint density at radius 1 is 1.28 bits per heavy atom. The first-order valence-electron chi connectivity index (χ1n) is 8.54. The molecule has 138 valence electrons. The highest BCUT2D eigenvalue weighted by Gasteiger charge is 2.43. The van der Waals surface area contributed by atoms with Crippen LogP contribution in [0.2, 0.25) is 0 Å². The van der Waals surface area contributed by atoms with Gasteiger partial charge in [-0.2, -0.15) is 0 Å². The second-order valence-electron chi connectivity index (χ2n) is 6.26. The molecule has 2 N–H and O–H groups in total. The largest absolute Gasteiger partial charge is 0.508 e. The van der Waals surface area contributed by atoms with E-state index in [1.165, 1.54) is 4.90 Å². The molecule has 1 aliphatic rings. The quantitative estimate of drug-likeness (QED) is 0.523. The van der Waals surface area contributed by atoms with Gasteiger partial charge in [-0.1, -0.05) is 53.6 Å². The molecule has 2 unspecified atom stereocenters. The van der Waals surface area contributed by atoms with Gasteiger partial charge in [-0.3, -0.25) is 4.79 Å². The van der Waals surface area contributed by atoms with Crippen LogP contribution in [-0.4, -0.2) is 44.5 Å². The SMILES string of the molecule is CCCSSC[C@@H](C)C(=O)N1C(C(=O)O)CCC1c1ccccc1O. The van der Waals surface area contributed by atoms with Gasteiger partial charge in [0.2, 0.25) is 5.91 Å². The summed E-state index contributed by atoms with van der Waals surface area (Å²) in [7, 11) is 3.39. The highest BCUT2D eigenvalue weighted by Crippen LogP contribution is 2.41. The summed E-state index contributed by atoms with van der Waals surface area (Å²) in [6.07, 6.45) is 2.04. The normalized spacial score (nSPS) is 21.3. The zero-order chi connectivity index (χ0) is 18.4. The monoisotopic (exact) mass is 383 g/mol. The van der Waals surface area contributed by atoms with Crippen LogP contribution in [0.25, 0.3) is 0 Å². The van der Waals surface area contributed by atoms with Crippen LogP contribution in [0.1, 0.15) is 44.7 Å². The molecule has 1 aliphatic heterocycles. The summed E-state index contributed by atoms with van der Waals surface area (Å²) in [5.41, 5.74) is 0.625. The minimum atomic E-state index is -0.980. The number of rotatable bonds is 8. The molecular formula is C18H25NO4S2. The number of para-hydroxylation sites is 1. The molecule has 1 aromatic carbocycles. The third-order valence-corrected chi connectivity index (χ3v) is 7.12. The number of carboxylic acid groups (broad SMARTS) is 1. The molecular weight excluding hydrogens is 358 g/mol. The molecule has 25 heavy (non-hydrogen) atoms. The summed E-state index contributed by atoms with van der Waals surface area (Å²) >= 11 is 0. The third kappa shape index (κ3) is 4.85. The standard InChI is InChI=1S/C18H25NO4S2/c1-3-10-24-25-11-12(2)17(21)19-14(8-9-15(19)18(22)23)13-6-4-5-7-16(13)20/h4-7,12,14-15,20H,3,8-11H2,1-2H3,(H,22,23)/t12-,14?,15?/m1/s1. The Labute approximate surface area is 156 Å². The van der Waals surface area contributed by atoms with Gasteiger partial charge in [-0.25, -0.2) is 4.79 Å². The Kier molecular flexibility index (Phi) is 7.50. The zero-order valence-corrected chi connectivity index (χ0v) is 16.2. The van der Waals surface area contributed by atoms with Crippen molar-refractivity contribution in [1.29, 1.82) is 0 Å². The van der Waals surface area contributed by atoms with Crippen LogP contribution in [0.5, 0.6) is 5.75 Å². The molecule has 1 fully saturated rings. The number of carboxylic acids is 1. The van der Waals surface area contributed by atoms with Crippen LogP contribution in [0.15, 0.2) is 24.3 Å². The van der Waals surface area contributed by atoms with Crippen molar-refractivity contribution in [2.75, 3.05) is 11.5 Å². The van der Waals surface area contributed by atoms with Crippen molar-refractivity contribution >= 4 is 33.5 Å². The second-order valence-corrected chi connectivity index (χ2v) is 8.89. The summed E-state index contributed by atoms with van der Waals surface area (Å²) in [5, 5.41) is 19.7. The van der Waals surface area contributed by atoms with Crippen molar-refractivity contribution in [3.05, 3.63) is 29.8 Å². The van der Waals surface area contributed by atoms with Gasteiger partial charge in [0, 0.05) is 23.0 Å². The molecule has 0 saturated carbocycles. The van der Waals surface area contributed by atoms with E-state index in [0.29, 0.717) is 24.2 Å². The maximum absolute atomic E-state index is 13.0. The molecule has 1 amide bonds. The Morgan fingerprint density at radius 2 is 2.00 bits per heavy atom. The molecule has 2 rings (SSSR count). The third-order valence-electron chi connectivity index (χ3n) is 4.33. The summed E-state index contributed by atoms with van der Waals surface area (Å²) in [5.74, 6) is 0.404. The molecule has 0 spiro atoms. The first-order valence-corrected chi connectivity index (χ1v) is 11.0. The number of carbonyl (C=O) groups excluding carboxylic acids is 1. The number of aliphatic carboxylic acids is 1. The molecule has 0 aromatic heterocycles. The van der Waals surface area contributed by atoms with E-state index in [1.54, 1.807) is 45.9 Å². The maximum atomic E-state index is 13.0. The Hall–Kier alpha value is -1.34. The number of carbonyl (C=O) groups is 2. The fraction of sp³-hybridized carbons (Fsp3) is 0.556. The number of likely N-dealkylation sites (tertiary alicyclic amines) is 1. The van der Waals surface area contributed by atoms with Crippen LogP contribution in [0, 0.1) is 5.92 Å². The number of amides is 1. The summed E-state index contributed by atoms with van der Waals surface area (Å²) < 4.78 is 0. The number of hydrogen-bond acceptors (Lipinski definition) is 5. The van der Waals surface area contributed by atoms with Gasteiger partial charge in [-0.05, 0) is 25.3 Å². The van der Waals surface area contributed by atoms with E-state index in [1.807, 2.05) is 6.92 Å².